The summed E-state index contributed by atoms with van der Waals surface area (Å²) in [6, 6.07) is 2.39. The first kappa shape index (κ1) is 20.9. The third-order valence-corrected chi connectivity index (χ3v) is 3.54. The van der Waals surface area contributed by atoms with Crippen LogP contribution in [-0.4, -0.2) is 57.9 Å². The van der Waals surface area contributed by atoms with Crippen LogP contribution in [0.1, 0.15) is 26.3 Å². The van der Waals surface area contributed by atoms with E-state index in [0.29, 0.717) is 12.2 Å². The van der Waals surface area contributed by atoms with Gasteiger partial charge in [-0.05, 0) is 6.92 Å². The number of rotatable bonds is 6. The smallest absolute Gasteiger partial charge is 0.172 e. The van der Waals surface area contributed by atoms with Crippen molar-refractivity contribution in [1.82, 2.24) is 9.97 Å². The van der Waals surface area contributed by atoms with Gasteiger partial charge in [0.15, 0.2) is 12.0 Å². The number of nitrogens with two attached hydrogens (primary N) is 1. The first-order chi connectivity index (χ1) is 12.0. The summed E-state index contributed by atoms with van der Waals surface area (Å²) in [5.41, 5.74) is 6.21. The maximum absolute atomic E-state index is 10.3. The Morgan fingerprint density at radius 3 is 2.68 bits per heavy atom. The van der Waals surface area contributed by atoms with E-state index in [1.54, 1.807) is 0 Å². The predicted molar refractivity (Wildman–Crippen MR) is 96.4 cm³/mol. The Morgan fingerprint density at radius 2 is 2.12 bits per heavy atom. The fourth-order valence-electron chi connectivity index (χ4n) is 2.36. The molecule has 0 aliphatic carbocycles. The summed E-state index contributed by atoms with van der Waals surface area (Å²) >= 11 is 0. The number of nitrogen functional groups attached to an aromatic ring is 1. The molecule has 0 amide bonds. The zero-order chi connectivity index (χ0) is 19.0. The third-order valence-electron chi connectivity index (χ3n) is 3.54. The van der Waals surface area contributed by atoms with Gasteiger partial charge in [-0.2, -0.15) is 0 Å². The first-order valence-corrected chi connectivity index (χ1v) is 8.12. The fraction of sp³-hybridized carbons (Fsp3) is 0.529. The lowest BCUT2D eigenvalue weighted by atomic mass is 10.1. The fourth-order valence-corrected chi connectivity index (χ4v) is 2.36. The van der Waals surface area contributed by atoms with Gasteiger partial charge in [-0.3, -0.25) is 4.90 Å². The number of aliphatic hydroxyl groups excluding tert-OH is 2. The number of aromatic nitrogens is 2. The molecule has 4 N–H and O–H groups in total. The van der Waals surface area contributed by atoms with E-state index in [-0.39, 0.29) is 18.2 Å². The van der Waals surface area contributed by atoms with Gasteiger partial charge < -0.3 is 25.4 Å². The number of aliphatic hydroxyl groups is 2. The maximum atomic E-state index is 10.3. The van der Waals surface area contributed by atoms with E-state index in [2.05, 4.69) is 22.6 Å². The lowest BCUT2D eigenvalue weighted by Gasteiger charge is -2.27. The van der Waals surface area contributed by atoms with Crippen molar-refractivity contribution in [3.05, 3.63) is 18.5 Å². The van der Waals surface area contributed by atoms with Crippen molar-refractivity contribution in [1.29, 1.82) is 0 Å². The van der Waals surface area contributed by atoms with Gasteiger partial charge in [0.2, 0.25) is 0 Å². The maximum Gasteiger partial charge on any atom is 0.172 e. The molecule has 4 atom stereocenters. The highest BCUT2D eigenvalue weighted by Gasteiger charge is 2.46. The van der Waals surface area contributed by atoms with Crippen molar-refractivity contribution >= 4 is 17.7 Å². The third kappa shape index (κ3) is 4.46. The molecule has 4 unspecified atom stereocenters. The second kappa shape index (κ2) is 9.96. The molecule has 0 radical (unpaired) electrons. The first-order valence-electron chi connectivity index (χ1n) is 8.12. The van der Waals surface area contributed by atoms with Gasteiger partial charge in [0, 0.05) is 12.7 Å². The van der Waals surface area contributed by atoms with Crippen LogP contribution in [0.3, 0.4) is 0 Å². The molecule has 1 aromatic heterocycles. The van der Waals surface area contributed by atoms with E-state index >= 15 is 0 Å². The highest BCUT2D eigenvalue weighted by molar-refractivity contribution is 5.73. The Bertz CT molecular complexity index is 605. The van der Waals surface area contributed by atoms with E-state index in [9.17, 15) is 10.2 Å². The summed E-state index contributed by atoms with van der Waals surface area (Å²) in [4.78, 5) is 9.22. The summed E-state index contributed by atoms with van der Waals surface area (Å²) in [6.45, 7) is 10.1. The number of ether oxygens (including phenoxy) is 2. The lowest BCUT2D eigenvalue weighted by molar-refractivity contribution is -0.0403. The molecule has 1 saturated heterocycles. The largest absolute Gasteiger partial charge is 0.387 e. The van der Waals surface area contributed by atoms with E-state index < -0.39 is 24.5 Å². The number of hydrogen-bond acceptors (Lipinski definition) is 8. The van der Waals surface area contributed by atoms with Gasteiger partial charge in [-0.1, -0.05) is 32.9 Å². The molecule has 1 aliphatic heterocycles. The van der Waals surface area contributed by atoms with E-state index in [4.69, 9.17) is 21.6 Å². The highest BCUT2D eigenvalue weighted by Crippen LogP contribution is 2.30. The van der Waals surface area contributed by atoms with Crippen LogP contribution in [0.2, 0.25) is 0 Å². The molecule has 0 aromatic carbocycles. The van der Waals surface area contributed by atoms with Gasteiger partial charge in [-0.25, -0.2) is 9.97 Å². The molecule has 1 aliphatic rings. The standard InChI is InChI=1S/C15H20N4O4.C2H6/c1-4-9-13(16)17-8-18-14(9)19(5-2)15-12(21)11(20)10(23-15)7-22-6-3;1-2/h2,4,8,10-12,15,20-21H,1,6-7H2,3H3,(H2,16,17,18);1-2H3. The number of anilines is 2. The number of nitrogens with zero attached hydrogens (tertiary/aromatic N) is 3. The minimum Gasteiger partial charge on any atom is -0.387 e. The summed E-state index contributed by atoms with van der Waals surface area (Å²) in [7, 11) is 0. The van der Waals surface area contributed by atoms with Crippen LogP contribution in [0, 0.1) is 12.5 Å². The second-order valence-electron chi connectivity index (χ2n) is 4.91. The molecular weight excluding hydrogens is 324 g/mol. The Labute approximate surface area is 148 Å². The van der Waals surface area contributed by atoms with Gasteiger partial charge >= 0.3 is 0 Å². The van der Waals surface area contributed by atoms with Gasteiger partial charge in [0.1, 0.15) is 30.5 Å². The van der Waals surface area contributed by atoms with E-state index in [0.717, 1.165) is 0 Å². The summed E-state index contributed by atoms with van der Waals surface area (Å²) in [5, 5.41) is 20.4. The average molecular weight is 350 g/mol. The molecule has 2 heterocycles. The van der Waals surface area contributed by atoms with Gasteiger partial charge in [0.25, 0.3) is 0 Å². The van der Waals surface area contributed by atoms with Crippen molar-refractivity contribution in [2.75, 3.05) is 23.8 Å². The zero-order valence-electron chi connectivity index (χ0n) is 14.8. The zero-order valence-corrected chi connectivity index (χ0v) is 14.8. The monoisotopic (exact) mass is 350 g/mol. The average Bonchev–Trinajstić information content (AvgIpc) is 2.91. The van der Waals surface area contributed by atoms with Crippen LogP contribution in [0.4, 0.5) is 11.6 Å². The Balaban J connectivity index is 0.00000151. The topological polar surface area (TPSA) is 114 Å². The Morgan fingerprint density at radius 1 is 1.44 bits per heavy atom. The minimum absolute atomic E-state index is 0.143. The SMILES string of the molecule is C#CN(c1ncnc(N)c1C=C)C1OC(COCC)C(O)C1O.CC. The van der Waals surface area contributed by atoms with Crippen LogP contribution < -0.4 is 10.6 Å². The minimum atomic E-state index is -1.23. The van der Waals surface area contributed by atoms with Crippen LogP contribution in [0.25, 0.3) is 6.08 Å². The molecule has 138 valence electrons. The molecule has 0 spiro atoms. The van der Waals surface area contributed by atoms with E-state index in [1.165, 1.54) is 17.3 Å². The molecule has 1 fully saturated rings. The molecule has 8 heteroatoms. The molecule has 0 saturated carbocycles. The van der Waals surface area contributed by atoms with Crippen LogP contribution in [0.5, 0.6) is 0 Å². The van der Waals surface area contributed by atoms with Gasteiger partial charge in [-0.15, -0.1) is 0 Å². The summed E-state index contributed by atoms with van der Waals surface area (Å²) < 4.78 is 10.9. The summed E-state index contributed by atoms with van der Waals surface area (Å²) in [5.74, 6) is 0.465. The molecule has 1 aromatic rings. The Kier molecular flexibility index (Phi) is 8.31. The lowest BCUT2D eigenvalue weighted by Crippen LogP contribution is -2.42. The second-order valence-corrected chi connectivity index (χ2v) is 4.91. The van der Waals surface area contributed by atoms with Crippen LogP contribution in [0.15, 0.2) is 12.9 Å². The predicted octanol–water partition coefficient (Wildman–Crippen LogP) is 0.608. The molecule has 0 bridgehead atoms. The van der Waals surface area contributed by atoms with Crippen molar-refractivity contribution in [3.63, 3.8) is 0 Å². The quantitative estimate of drug-likeness (QED) is 0.505. The van der Waals surface area contributed by atoms with Crippen molar-refractivity contribution in [2.45, 2.75) is 45.3 Å². The van der Waals surface area contributed by atoms with Crippen LogP contribution >= 0.6 is 0 Å². The van der Waals surface area contributed by atoms with Gasteiger partial charge in [0.05, 0.1) is 12.2 Å². The van der Waals surface area contributed by atoms with E-state index in [1.807, 2.05) is 20.8 Å². The molecule has 8 nitrogen and oxygen atoms in total. The molecule has 2 rings (SSSR count). The Hall–Kier alpha value is -2.18. The van der Waals surface area contributed by atoms with Crippen molar-refractivity contribution in [2.24, 2.45) is 0 Å². The summed E-state index contributed by atoms with van der Waals surface area (Å²) in [6.07, 6.45) is 4.21. The van der Waals surface area contributed by atoms with Crippen molar-refractivity contribution < 1.29 is 19.7 Å². The molecule has 25 heavy (non-hydrogen) atoms. The van der Waals surface area contributed by atoms with Crippen molar-refractivity contribution in [3.8, 4) is 12.5 Å². The highest BCUT2D eigenvalue weighted by atomic mass is 16.6. The number of terminal acetylenes is 1. The number of hydrogen-bond donors (Lipinski definition) is 3. The molecular formula is C17H26N4O4. The van der Waals surface area contributed by atoms with Crippen LogP contribution in [-0.2, 0) is 9.47 Å². The normalized spacial score (nSPS) is 24.8.